The molecule has 0 aliphatic rings. The monoisotopic (exact) mass is 163 g/mol. The lowest BCUT2D eigenvalue weighted by Crippen LogP contribution is -2.23. The van der Waals surface area contributed by atoms with E-state index in [1.807, 2.05) is 5.32 Å². The highest BCUT2D eigenvalue weighted by atomic mass is 19.1. The van der Waals surface area contributed by atoms with Crippen molar-refractivity contribution in [3.63, 3.8) is 0 Å². The van der Waals surface area contributed by atoms with Gasteiger partial charge in [0.25, 0.3) is 0 Å². The molecule has 1 amide bonds. The third-order valence-corrected chi connectivity index (χ3v) is 1.11. The molecular formula is C6H10FNO3. The third kappa shape index (κ3) is 4.32. The molecule has 0 bridgehead atoms. The second kappa shape index (κ2) is 4.68. The van der Waals surface area contributed by atoms with Crippen LogP contribution in [0.2, 0.25) is 0 Å². The van der Waals surface area contributed by atoms with Gasteiger partial charge in [0.15, 0.2) is 0 Å². The molecule has 0 aliphatic heterocycles. The van der Waals surface area contributed by atoms with Crippen LogP contribution in [0.5, 0.6) is 0 Å². The summed E-state index contributed by atoms with van der Waals surface area (Å²) in [6.45, 7) is 0.621. The normalized spacial score (nSPS) is 12.3. The van der Waals surface area contributed by atoms with E-state index in [-0.39, 0.29) is 12.1 Å². The summed E-state index contributed by atoms with van der Waals surface area (Å²) in [5, 5.41) is 18.3. The van der Waals surface area contributed by atoms with E-state index >= 15 is 0 Å². The molecule has 0 aromatic rings. The van der Waals surface area contributed by atoms with Gasteiger partial charge in [0.05, 0.1) is 6.61 Å². The summed E-state index contributed by atoms with van der Waals surface area (Å²) in [6, 6.07) is 0. The SMILES string of the molecule is CC(CNC(=O)O)=C(F)CO. The molecular weight excluding hydrogens is 153 g/mol. The molecule has 64 valence electrons. The minimum Gasteiger partial charge on any atom is -0.465 e. The molecule has 0 aliphatic carbocycles. The van der Waals surface area contributed by atoms with Crippen molar-refractivity contribution in [2.75, 3.05) is 13.2 Å². The molecule has 0 rings (SSSR count). The minimum atomic E-state index is -1.21. The highest BCUT2D eigenvalue weighted by Crippen LogP contribution is 2.02. The predicted octanol–water partition coefficient (Wildman–Crippen LogP) is 0.490. The van der Waals surface area contributed by atoms with Crippen molar-refractivity contribution in [2.24, 2.45) is 0 Å². The molecule has 4 nitrogen and oxygen atoms in total. The van der Waals surface area contributed by atoms with Gasteiger partial charge in [-0.25, -0.2) is 9.18 Å². The third-order valence-electron chi connectivity index (χ3n) is 1.11. The van der Waals surface area contributed by atoms with Crippen molar-refractivity contribution in [1.82, 2.24) is 5.32 Å². The zero-order valence-electron chi connectivity index (χ0n) is 6.09. The Hall–Kier alpha value is -1.10. The van der Waals surface area contributed by atoms with Gasteiger partial charge < -0.3 is 15.5 Å². The maximum atomic E-state index is 12.4. The molecule has 0 fully saturated rings. The second-order valence-electron chi connectivity index (χ2n) is 2.00. The van der Waals surface area contributed by atoms with E-state index in [4.69, 9.17) is 10.2 Å². The number of hydrogen-bond acceptors (Lipinski definition) is 2. The lowest BCUT2D eigenvalue weighted by atomic mass is 10.3. The highest BCUT2D eigenvalue weighted by molar-refractivity contribution is 5.64. The Bertz CT molecular complexity index is 179. The fourth-order valence-electron chi connectivity index (χ4n) is 0.439. The maximum absolute atomic E-state index is 12.4. The second-order valence-corrected chi connectivity index (χ2v) is 2.00. The van der Waals surface area contributed by atoms with Crippen LogP contribution < -0.4 is 5.32 Å². The molecule has 11 heavy (non-hydrogen) atoms. The molecule has 0 saturated carbocycles. The summed E-state index contributed by atoms with van der Waals surface area (Å²) in [4.78, 5) is 9.90. The van der Waals surface area contributed by atoms with E-state index in [9.17, 15) is 9.18 Å². The van der Waals surface area contributed by atoms with Gasteiger partial charge in [-0.05, 0) is 12.5 Å². The number of carboxylic acid groups (broad SMARTS) is 1. The van der Waals surface area contributed by atoms with E-state index < -0.39 is 18.5 Å². The van der Waals surface area contributed by atoms with Crippen LogP contribution in [0.1, 0.15) is 6.92 Å². The van der Waals surface area contributed by atoms with Crippen molar-refractivity contribution in [3.05, 3.63) is 11.4 Å². The molecule has 0 heterocycles. The van der Waals surface area contributed by atoms with E-state index in [1.165, 1.54) is 6.92 Å². The Balaban J connectivity index is 3.85. The number of nitrogens with one attached hydrogen (secondary N) is 1. The van der Waals surface area contributed by atoms with Crippen LogP contribution >= 0.6 is 0 Å². The standard InChI is InChI=1S/C6H10FNO3/c1-4(5(7)3-9)2-8-6(10)11/h8-9H,2-3H2,1H3,(H,10,11). The number of rotatable bonds is 3. The quantitative estimate of drug-likeness (QED) is 0.567. The Morgan fingerprint density at radius 2 is 2.18 bits per heavy atom. The first-order valence-electron chi connectivity index (χ1n) is 2.99. The molecule has 0 unspecified atom stereocenters. The van der Waals surface area contributed by atoms with Crippen LogP contribution in [0.25, 0.3) is 0 Å². The predicted molar refractivity (Wildman–Crippen MR) is 36.9 cm³/mol. The first-order valence-corrected chi connectivity index (χ1v) is 2.99. The Kier molecular flexibility index (Phi) is 4.21. The van der Waals surface area contributed by atoms with Gasteiger partial charge >= 0.3 is 6.09 Å². The van der Waals surface area contributed by atoms with E-state index in [2.05, 4.69) is 0 Å². The molecule has 5 heteroatoms. The Morgan fingerprint density at radius 1 is 1.64 bits per heavy atom. The van der Waals surface area contributed by atoms with Crippen LogP contribution in [0.15, 0.2) is 11.4 Å². The molecule has 0 aromatic heterocycles. The van der Waals surface area contributed by atoms with Gasteiger partial charge in [-0.1, -0.05) is 0 Å². The molecule has 0 atom stereocenters. The minimum absolute atomic E-state index is 0.0955. The zero-order valence-corrected chi connectivity index (χ0v) is 6.09. The average molecular weight is 163 g/mol. The van der Waals surface area contributed by atoms with E-state index in [1.54, 1.807) is 0 Å². The van der Waals surface area contributed by atoms with Crippen molar-refractivity contribution < 1.29 is 19.4 Å². The number of amides is 1. The highest BCUT2D eigenvalue weighted by Gasteiger charge is 2.00. The van der Waals surface area contributed by atoms with Crippen molar-refractivity contribution >= 4 is 6.09 Å². The largest absolute Gasteiger partial charge is 0.465 e. The van der Waals surface area contributed by atoms with Crippen LogP contribution in [-0.4, -0.2) is 29.5 Å². The molecule has 0 radical (unpaired) electrons. The summed E-state index contributed by atoms with van der Waals surface area (Å²) in [5.74, 6) is -0.696. The summed E-state index contributed by atoms with van der Waals surface area (Å²) in [7, 11) is 0. The number of hydrogen-bond donors (Lipinski definition) is 3. The fraction of sp³-hybridized carbons (Fsp3) is 0.500. The van der Waals surface area contributed by atoms with Crippen LogP contribution in [0.3, 0.4) is 0 Å². The van der Waals surface area contributed by atoms with E-state index in [0.717, 1.165) is 0 Å². The number of aliphatic hydroxyl groups excluding tert-OH is 1. The maximum Gasteiger partial charge on any atom is 0.404 e. The summed E-state index contributed by atoms with van der Waals surface area (Å²) < 4.78 is 12.4. The number of halogens is 1. The number of carbonyl (C=O) groups is 1. The first-order chi connectivity index (χ1) is 5.07. The lowest BCUT2D eigenvalue weighted by Gasteiger charge is -2.01. The van der Waals surface area contributed by atoms with Gasteiger partial charge in [0.1, 0.15) is 5.83 Å². The molecule has 0 aromatic carbocycles. The van der Waals surface area contributed by atoms with Crippen molar-refractivity contribution in [2.45, 2.75) is 6.92 Å². The topological polar surface area (TPSA) is 69.6 Å². The van der Waals surface area contributed by atoms with Gasteiger partial charge in [-0.2, -0.15) is 0 Å². The van der Waals surface area contributed by atoms with Crippen LogP contribution in [0.4, 0.5) is 9.18 Å². The average Bonchev–Trinajstić information content (AvgIpc) is 1.98. The van der Waals surface area contributed by atoms with Gasteiger partial charge in [-0.3, -0.25) is 0 Å². The van der Waals surface area contributed by atoms with Crippen molar-refractivity contribution in [3.8, 4) is 0 Å². The van der Waals surface area contributed by atoms with Crippen molar-refractivity contribution in [1.29, 1.82) is 0 Å². The summed E-state index contributed by atoms with van der Waals surface area (Å²) >= 11 is 0. The molecule has 3 N–H and O–H groups in total. The van der Waals surface area contributed by atoms with Crippen LogP contribution in [0, 0.1) is 0 Å². The van der Waals surface area contributed by atoms with Gasteiger partial charge in [0, 0.05) is 6.54 Å². The van der Waals surface area contributed by atoms with Gasteiger partial charge in [-0.15, -0.1) is 0 Å². The Labute approximate surface area is 63.3 Å². The fourth-order valence-corrected chi connectivity index (χ4v) is 0.439. The number of aliphatic hydroxyl groups is 1. The van der Waals surface area contributed by atoms with Crippen LogP contribution in [-0.2, 0) is 0 Å². The first kappa shape index (κ1) is 9.90. The summed E-state index contributed by atoms with van der Waals surface area (Å²) in [5.41, 5.74) is 0.190. The Morgan fingerprint density at radius 3 is 2.55 bits per heavy atom. The zero-order chi connectivity index (χ0) is 8.85. The van der Waals surface area contributed by atoms with Gasteiger partial charge in [0.2, 0.25) is 0 Å². The molecule has 0 saturated heterocycles. The smallest absolute Gasteiger partial charge is 0.404 e. The van der Waals surface area contributed by atoms with E-state index in [0.29, 0.717) is 0 Å². The lowest BCUT2D eigenvalue weighted by molar-refractivity contribution is 0.195. The summed E-state index contributed by atoms with van der Waals surface area (Å²) in [6.07, 6.45) is -1.21. The molecule has 0 spiro atoms.